The molecule has 2 aromatic carbocycles. The van der Waals surface area contributed by atoms with Crippen molar-refractivity contribution >= 4 is 50.3 Å². The summed E-state index contributed by atoms with van der Waals surface area (Å²) in [5, 5.41) is 6.81. The molecule has 0 aliphatic carbocycles. The monoisotopic (exact) mass is 715 g/mol. The van der Waals surface area contributed by atoms with Crippen LogP contribution < -0.4 is 15.4 Å². The Morgan fingerprint density at radius 3 is 2.51 bits per heavy atom. The predicted molar refractivity (Wildman–Crippen MR) is 187 cm³/mol. The van der Waals surface area contributed by atoms with Crippen LogP contribution in [0, 0.1) is 5.92 Å². The Balaban J connectivity index is 1.36. The number of nitrogens with zero attached hydrogens (tertiary/aromatic N) is 2. The molecule has 2 saturated heterocycles. The zero-order chi connectivity index (χ0) is 35.0. The number of amides is 2. The number of aromatic nitrogens is 1. The lowest BCUT2D eigenvalue weighted by Crippen LogP contribution is -2.55. The Labute approximate surface area is 292 Å². The molecule has 3 aromatic rings. The van der Waals surface area contributed by atoms with Gasteiger partial charge in [0.2, 0.25) is 27.6 Å². The number of halogens is 1. The first kappa shape index (κ1) is 36.9. The number of fused-ring (bicyclic) bond motifs is 1. The maximum atomic E-state index is 14.2. The molecule has 1 aromatic heterocycles. The first-order valence-electron chi connectivity index (χ1n) is 17.1. The number of benzene rings is 2. The maximum Gasteiger partial charge on any atom is 0.266 e. The van der Waals surface area contributed by atoms with Gasteiger partial charge in [0.15, 0.2) is 5.58 Å². The number of hydrogen-bond acceptors (Lipinski definition) is 9. The molecule has 3 N–H and O–H groups in total. The third-order valence-electron chi connectivity index (χ3n) is 9.21. The van der Waals surface area contributed by atoms with Crippen molar-refractivity contribution in [2.45, 2.75) is 89.1 Å². The van der Waals surface area contributed by atoms with E-state index in [0.717, 1.165) is 44.2 Å². The lowest BCUT2D eigenvalue weighted by molar-refractivity contribution is -0.140. The second-order valence-electron chi connectivity index (χ2n) is 13.1. The number of oxazole rings is 1. The number of nitrogens with one attached hydrogen (secondary N) is 3. The summed E-state index contributed by atoms with van der Waals surface area (Å²) in [6.45, 7) is 4.06. The number of piperidine rings is 1. The minimum atomic E-state index is -3.75. The zero-order valence-electron chi connectivity index (χ0n) is 28.0. The minimum absolute atomic E-state index is 0.0818. The van der Waals surface area contributed by atoms with Crippen molar-refractivity contribution in [1.82, 2.24) is 25.2 Å². The van der Waals surface area contributed by atoms with Gasteiger partial charge in [-0.15, -0.1) is 0 Å². The van der Waals surface area contributed by atoms with Gasteiger partial charge in [-0.3, -0.25) is 14.4 Å². The minimum Gasteiger partial charge on any atom is -0.434 e. The van der Waals surface area contributed by atoms with Crippen LogP contribution in [-0.4, -0.2) is 86.0 Å². The highest BCUT2D eigenvalue weighted by Crippen LogP contribution is 2.27. The van der Waals surface area contributed by atoms with Gasteiger partial charge in [0.25, 0.3) is 5.89 Å². The van der Waals surface area contributed by atoms with Crippen LogP contribution in [-0.2, 0) is 31.0 Å². The average molecular weight is 716 g/mol. The van der Waals surface area contributed by atoms with E-state index in [2.05, 4.69) is 20.3 Å². The highest BCUT2D eigenvalue weighted by Gasteiger charge is 2.44. The normalized spacial score (nSPS) is 19.9. The van der Waals surface area contributed by atoms with Crippen molar-refractivity contribution < 1.29 is 32.0 Å². The van der Waals surface area contributed by atoms with E-state index >= 15 is 0 Å². The molecule has 49 heavy (non-hydrogen) atoms. The molecule has 0 saturated carbocycles. The third kappa shape index (κ3) is 10.3. The molecule has 1 unspecified atom stereocenters. The summed E-state index contributed by atoms with van der Waals surface area (Å²) in [6.07, 6.45) is 5.35. The number of ether oxygens (including phenoxy) is 1. The van der Waals surface area contributed by atoms with Crippen LogP contribution in [0.3, 0.4) is 0 Å². The van der Waals surface area contributed by atoms with E-state index in [9.17, 15) is 22.8 Å². The molecule has 2 fully saturated rings. The number of carbonyl (C=O) groups excluding carboxylic acids is 3. The van der Waals surface area contributed by atoms with Crippen molar-refractivity contribution in [2.75, 3.05) is 25.9 Å². The van der Waals surface area contributed by atoms with Crippen molar-refractivity contribution in [3.05, 3.63) is 65.0 Å². The highest BCUT2D eigenvalue weighted by molar-refractivity contribution is 7.88. The summed E-state index contributed by atoms with van der Waals surface area (Å²) in [4.78, 5) is 47.7. The van der Waals surface area contributed by atoms with Crippen molar-refractivity contribution in [3.8, 4) is 0 Å². The topological polar surface area (TPSA) is 160 Å². The molecule has 2 amide bonds. The van der Waals surface area contributed by atoms with Gasteiger partial charge in [0, 0.05) is 18.0 Å². The molecule has 0 radical (unpaired) electrons. The Morgan fingerprint density at radius 2 is 1.82 bits per heavy atom. The first-order chi connectivity index (χ1) is 23.5. The van der Waals surface area contributed by atoms with Crippen LogP contribution in [0.1, 0.15) is 74.5 Å². The molecule has 4 atom stereocenters. The number of sulfonamides is 1. The second kappa shape index (κ2) is 17.0. The van der Waals surface area contributed by atoms with Gasteiger partial charge >= 0.3 is 0 Å². The van der Waals surface area contributed by atoms with Crippen LogP contribution in [0.25, 0.3) is 11.1 Å². The fraction of sp³-hybridized carbons (Fsp3) is 0.543. The van der Waals surface area contributed by atoms with E-state index in [-0.39, 0.29) is 25.5 Å². The molecular formula is C35H46ClN5O7S. The summed E-state index contributed by atoms with van der Waals surface area (Å²) < 4.78 is 39.3. The third-order valence-corrected chi connectivity index (χ3v) is 10.2. The number of carbonyl (C=O) groups is 3. The molecule has 3 heterocycles. The predicted octanol–water partition coefficient (Wildman–Crippen LogP) is 4.22. The Kier molecular flexibility index (Phi) is 12.8. The highest BCUT2D eigenvalue weighted by atomic mass is 35.5. The fourth-order valence-electron chi connectivity index (χ4n) is 6.54. The number of likely N-dealkylation sites (tertiary alicyclic amines) is 1. The lowest BCUT2D eigenvalue weighted by Gasteiger charge is -2.30. The molecule has 2 aliphatic rings. The van der Waals surface area contributed by atoms with E-state index < -0.39 is 51.9 Å². The van der Waals surface area contributed by atoms with Crippen LogP contribution in [0.4, 0.5) is 0 Å². The fourth-order valence-corrected chi connectivity index (χ4v) is 7.40. The number of hydrogen-bond donors (Lipinski definition) is 3. The summed E-state index contributed by atoms with van der Waals surface area (Å²) in [5.74, 6) is -1.20. The number of Topliss-reactive ketones (excluding diaryl/α,β-unsaturated/α-hetero) is 1. The van der Waals surface area contributed by atoms with Crippen LogP contribution in [0.2, 0.25) is 5.02 Å². The van der Waals surface area contributed by atoms with E-state index in [4.69, 9.17) is 20.8 Å². The smallest absolute Gasteiger partial charge is 0.266 e. The van der Waals surface area contributed by atoms with Crippen LogP contribution >= 0.6 is 11.6 Å². The molecular weight excluding hydrogens is 670 g/mol. The SMILES string of the molecule is CCCC[C@H](NC(=O)C1C[C@@H](OCc2ccc(Cl)cc2)CN1C(=O)[C@@H](CCC1CCNCC1)NS(C)(=O)=O)C(=O)c1nc2ccccc2o1. The number of ketones is 1. The van der Waals surface area contributed by atoms with Gasteiger partial charge in [-0.25, -0.2) is 18.1 Å². The van der Waals surface area contributed by atoms with Gasteiger partial charge in [0.05, 0.1) is 25.0 Å². The Hall–Kier alpha value is -3.36. The van der Waals surface area contributed by atoms with Crippen molar-refractivity contribution in [2.24, 2.45) is 5.92 Å². The average Bonchev–Trinajstić information content (AvgIpc) is 3.72. The second-order valence-corrected chi connectivity index (χ2v) is 15.3. The van der Waals surface area contributed by atoms with E-state index in [1.54, 1.807) is 36.4 Å². The molecule has 14 heteroatoms. The van der Waals surface area contributed by atoms with E-state index in [1.165, 1.54) is 4.90 Å². The summed E-state index contributed by atoms with van der Waals surface area (Å²) in [6, 6.07) is 11.3. The van der Waals surface area contributed by atoms with Gasteiger partial charge < -0.3 is 24.7 Å². The van der Waals surface area contributed by atoms with Gasteiger partial charge in [0.1, 0.15) is 17.6 Å². The van der Waals surface area contributed by atoms with Gasteiger partial charge in [-0.1, -0.05) is 55.6 Å². The standard InChI is InChI=1S/C35H46ClN5O7S/c1-3-4-7-28(32(42)34-39-27-8-5-6-9-31(27)48-34)38-33(43)30-20-26(47-22-24-10-13-25(36)14-11-24)21-41(30)35(44)29(40-49(2,45)46)15-12-23-16-18-37-19-17-23/h5-6,8-11,13-14,23,26,28-30,37,40H,3-4,7,12,15-22H2,1-2H3,(H,38,43)/t26-,28+,29-,30?/m1/s1. The summed E-state index contributed by atoms with van der Waals surface area (Å²) >= 11 is 6.04. The molecule has 5 rings (SSSR count). The van der Waals surface area contributed by atoms with Crippen LogP contribution in [0.15, 0.2) is 52.9 Å². The summed E-state index contributed by atoms with van der Waals surface area (Å²) in [5.41, 5.74) is 1.87. The lowest BCUT2D eigenvalue weighted by atomic mass is 9.91. The Bertz CT molecular complexity index is 1660. The quantitative estimate of drug-likeness (QED) is 0.185. The van der Waals surface area contributed by atoms with Crippen LogP contribution in [0.5, 0.6) is 0 Å². The molecule has 0 bridgehead atoms. The number of unbranched alkanes of at least 4 members (excludes halogenated alkanes) is 1. The van der Waals surface area contributed by atoms with Gasteiger partial charge in [-0.05, 0) is 80.9 Å². The number of para-hydroxylation sites is 2. The van der Waals surface area contributed by atoms with Crippen molar-refractivity contribution in [3.63, 3.8) is 0 Å². The number of rotatable bonds is 16. The largest absolute Gasteiger partial charge is 0.434 e. The Morgan fingerprint density at radius 1 is 1.08 bits per heavy atom. The maximum absolute atomic E-state index is 14.2. The molecule has 12 nitrogen and oxygen atoms in total. The molecule has 0 spiro atoms. The van der Waals surface area contributed by atoms with E-state index in [1.807, 2.05) is 19.1 Å². The van der Waals surface area contributed by atoms with E-state index in [0.29, 0.717) is 47.7 Å². The molecule has 2 aliphatic heterocycles. The van der Waals surface area contributed by atoms with Gasteiger partial charge in [-0.2, -0.15) is 0 Å². The summed E-state index contributed by atoms with van der Waals surface area (Å²) in [7, 11) is -3.75. The zero-order valence-corrected chi connectivity index (χ0v) is 29.6. The first-order valence-corrected chi connectivity index (χ1v) is 19.3. The molecule has 266 valence electrons. The van der Waals surface area contributed by atoms with Crippen molar-refractivity contribution in [1.29, 1.82) is 0 Å².